The Kier molecular flexibility index (Phi) is 4.72. The second-order valence-corrected chi connectivity index (χ2v) is 4.79. The molecule has 0 spiro atoms. The number of thioether (sulfide) groups is 1. The van der Waals surface area contributed by atoms with Gasteiger partial charge >= 0.3 is 0 Å². The molecule has 0 aliphatic heterocycles. The van der Waals surface area contributed by atoms with Crippen molar-refractivity contribution in [2.24, 2.45) is 0 Å². The van der Waals surface area contributed by atoms with Crippen LogP contribution in [-0.2, 0) is 0 Å². The quantitative estimate of drug-likeness (QED) is 0.774. The molecule has 0 saturated heterocycles. The van der Waals surface area contributed by atoms with Gasteiger partial charge in [-0.2, -0.15) is 17.0 Å². The van der Waals surface area contributed by atoms with Gasteiger partial charge in [0.05, 0.1) is 0 Å². The van der Waals surface area contributed by atoms with Crippen molar-refractivity contribution in [2.45, 2.75) is 31.4 Å². The molecule has 1 amide bonds. The maximum absolute atomic E-state index is 11.6. The first kappa shape index (κ1) is 13.0. The molecule has 0 bridgehead atoms. The maximum atomic E-state index is 11.6. The fraction of sp³-hybridized carbons (Fsp3) is 0.778. The molecule has 0 saturated carbocycles. The predicted octanol–water partition coefficient (Wildman–Crippen LogP) is 0.851. The summed E-state index contributed by atoms with van der Waals surface area (Å²) in [4.78, 5) is 11.6. The molecule has 6 nitrogen and oxygen atoms in total. The first-order valence-corrected chi connectivity index (χ1v) is 6.46. The monoisotopic (exact) mass is 243 g/mol. The van der Waals surface area contributed by atoms with Crippen LogP contribution in [0.4, 0.5) is 0 Å². The maximum Gasteiger partial charge on any atom is 0.292 e. The van der Waals surface area contributed by atoms with Gasteiger partial charge in [0, 0.05) is 11.3 Å². The minimum Gasteiger partial charge on any atom is -0.348 e. The third-order valence-corrected chi connectivity index (χ3v) is 4.43. The molecule has 0 fully saturated rings. The molecular weight excluding hydrogens is 226 g/mol. The van der Waals surface area contributed by atoms with Crippen LogP contribution in [0.2, 0.25) is 0 Å². The van der Waals surface area contributed by atoms with Crippen molar-refractivity contribution in [1.29, 1.82) is 0 Å². The standard InChI is InChI=1S/C9H17N5OS/c1-4-9(5-2,16-3)6-10-8(15)7-11-13-14-12-7/h4-6H2,1-3H3,(H,10,15)(H,11,12,13,14). The Morgan fingerprint density at radius 2 is 2.19 bits per heavy atom. The largest absolute Gasteiger partial charge is 0.348 e. The van der Waals surface area contributed by atoms with Crippen molar-refractivity contribution in [3.8, 4) is 0 Å². The second kappa shape index (κ2) is 5.83. The molecule has 0 unspecified atom stereocenters. The molecular formula is C9H17N5OS. The molecule has 0 aromatic carbocycles. The number of carbonyl (C=O) groups is 1. The van der Waals surface area contributed by atoms with Crippen LogP contribution in [0.3, 0.4) is 0 Å². The number of rotatable bonds is 6. The van der Waals surface area contributed by atoms with Gasteiger partial charge in [0.25, 0.3) is 11.7 Å². The van der Waals surface area contributed by atoms with E-state index in [-0.39, 0.29) is 16.5 Å². The number of aromatic nitrogens is 4. The summed E-state index contributed by atoms with van der Waals surface area (Å²) >= 11 is 1.78. The molecule has 1 heterocycles. The van der Waals surface area contributed by atoms with E-state index in [2.05, 4.69) is 46.0 Å². The van der Waals surface area contributed by atoms with Crippen LogP contribution >= 0.6 is 11.8 Å². The highest BCUT2D eigenvalue weighted by molar-refractivity contribution is 8.00. The summed E-state index contributed by atoms with van der Waals surface area (Å²) in [7, 11) is 0. The lowest BCUT2D eigenvalue weighted by Gasteiger charge is -2.29. The molecule has 1 aromatic heterocycles. The highest BCUT2D eigenvalue weighted by Crippen LogP contribution is 2.29. The minimum atomic E-state index is -0.283. The molecule has 2 N–H and O–H groups in total. The summed E-state index contributed by atoms with van der Waals surface area (Å²) in [6.45, 7) is 4.87. The highest BCUT2D eigenvalue weighted by Gasteiger charge is 2.26. The Labute approximate surface area is 99.0 Å². The molecule has 1 rings (SSSR count). The number of hydrogen-bond acceptors (Lipinski definition) is 5. The van der Waals surface area contributed by atoms with Crippen molar-refractivity contribution >= 4 is 17.7 Å². The number of nitrogens with one attached hydrogen (secondary N) is 2. The number of tetrazole rings is 1. The topological polar surface area (TPSA) is 83.6 Å². The third kappa shape index (κ3) is 2.94. The molecule has 0 radical (unpaired) electrons. The van der Waals surface area contributed by atoms with Crippen LogP contribution in [-0.4, -0.2) is 44.1 Å². The summed E-state index contributed by atoms with van der Waals surface area (Å²) in [6.07, 6.45) is 4.09. The van der Waals surface area contributed by atoms with Crippen LogP contribution < -0.4 is 5.32 Å². The fourth-order valence-corrected chi connectivity index (χ4v) is 2.23. The average molecular weight is 243 g/mol. The summed E-state index contributed by atoms with van der Waals surface area (Å²) < 4.78 is 0.0966. The molecule has 0 atom stereocenters. The van der Waals surface area contributed by atoms with Crippen LogP contribution in [0.15, 0.2) is 0 Å². The molecule has 0 aliphatic carbocycles. The van der Waals surface area contributed by atoms with Crippen molar-refractivity contribution in [1.82, 2.24) is 25.9 Å². The van der Waals surface area contributed by atoms with E-state index >= 15 is 0 Å². The SMILES string of the molecule is CCC(CC)(CNC(=O)c1nn[nH]n1)SC. The van der Waals surface area contributed by atoms with E-state index in [4.69, 9.17) is 0 Å². The number of H-pyrrole nitrogens is 1. The van der Waals surface area contributed by atoms with Gasteiger partial charge in [-0.05, 0) is 24.3 Å². The minimum absolute atomic E-state index is 0.0854. The van der Waals surface area contributed by atoms with Gasteiger partial charge in [-0.1, -0.05) is 13.8 Å². The Morgan fingerprint density at radius 3 is 2.62 bits per heavy atom. The first-order valence-electron chi connectivity index (χ1n) is 5.24. The number of amides is 1. The van der Waals surface area contributed by atoms with Crippen molar-refractivity contribution in [3.05, 3.63) is 5.82 Å². The second-order valence-electron chi connectivity index (χ2n) is 3.51. The van der Waals surface area contributed by atoms with E-state index in [0.29, 0.717) is 6.54 Å². The zero-order valence-electron chi connectivity index (χ0n) is 9.78. The van der Waals surface area contributed by atoms with E-state index < -0.39 is 0 Å². The zero-order valence-corrected chi connectivity index (χ0v) is 10.6. The molecule has 0 aliphatic rings. The van der Waals surface area contributed by atoms with Crippen molar-refractivity contribution < 1.29 is 4.79 Å². The average Bonchev–Trinajstić information content (AvgIpc) is 2.85. The van der Waals surface area contributed by atoms with Gasteiger partial charge in [0.2, 0.25) is 0 Å². The van der Waals surface area contributed by atoms with E-state index in [0.717, 1.165) is 12.8 Å². The predicted molar refractivity (Wildman–Crippen MR) is 63.3 cm³/mol. The van der Waals surface area contributed by atoms with Gasteiger partial charge in [0.15, 0.2) is 0 Å². The molecule has 16 heavy (non-hydrogen) atoms. The lowest BCUT2D eigenvalue weighted by Crippen LogP contribution is -2.40. The van der Waals surface area contributed by atoms with Crippen LogP contribution in [0.1, 0.15) is 37.3 Å². The van der Waals surface area contributed by atoms with Gasteiger partial charge in [-0.25, -0.2) is 0 Å². The lowest BCUT2D eigenvalue weighted by atomic mass is 10.0. The third-order valence-electron chi connectivity index (χ3n) is 2.84. The Balaban J connectivity index is 2.53. The number of carbonyl (C=O) groups excluding carboxylic acids is 1. The molecule has 90 valence electrons. The van der Waals surface area contributed by atoms with Gasteiger partial charge in [-0.15, -0.1) is 10.2 Å². The highest BCUT2D eigenvalue weighted by atomic mass is 32.2. The van der Waals surface area contributed by atoms with E-state index in [9.17, 15) is 4.79 Å². The van der Waals surface area contributed by atoms with Crippen LogP contribution in [0.5, 0.6) is 0 Å². The smallest absolute Gasteiger partial charge is 0.292 e. The summed E-state index contributed by atoms with van der Waals surface area (Å²) in [5.41, 5.74) is 0. The van der Waals surface area contributed by atoms with E-state index in [1.165, 1.54) is 0 Å². The van der Waals surface area contributed by atoms with Gasteiger partial charge in [-0.3, -0.25) is 4.79 Å². The number of aromatic amines is 1. The van der Waals surface area contributed by atoms with Crippen LogP contribution in [0.25, 0.3) is 0 Å². The fourth-order valence-electron chi connectivity index (χ4n) is 1.44. The summed E-state index contributed by atoms with van der Waals surface area (Å²) in [5.74, 6) is -0.198. The normalized spacial score (nSPS) is 11.4. The van der Waals surface area contributed by atoms with Crippen LogP contribution in [0, 0.1) is 0 Å². The Hall–Kier alpha value is -1.11. The summed E-state index contributed by atoms with van der Waals surface area (Å²) in [6, 6.07) is 0. The van der Waals surface area contributed by atoms with E-state index in [1.807, 2.05) is 0 Å². The van der Waals surface area contributed by atoms with Crippen molar-refractivity contribution in [2.75, 3.05) is 12.8 Å². The number of nitrogens with zero attached hydrogens (tertiary/aromatic N) is 3. The van der Waals surface area contributed by atoms with E-state index in [1.54, 1.807) is 11.8 Å². The number of hydrogen-bond donors (Lipinski definition) is 2. The molecule has 1 aromatic rings. The van der Waals surface area contributed by atoms with Gasteiger partial charge in [0.1, 0.15) is 0 Å². The Bertz CT molecular complexity index is 314. The molecule has 7 heteroatoms. The van der Waals surface area contributed by atoms with Gasteiger partial charge < -0.3 is 5.32 Å². The Morgan fingerprint density at radius 1 is 1.50 bits per heavy atom. The summed E-state index contributed by atoms with van der Waals surface area (Å²) in [5, 5.41) is 15.7. The van der Waals surface area contributed by atoms with Crippen molar-refractivity contribution in [3.63, 3.8) is 0 Å². The first-order chi connectivity index (χ1) is 7.67. The lowest BCUT2D eigenvalue weighted by molar-refractivity contribution is 0.0938. The zero-order chi connectivity index (χ0) is 12.0.